The van der Waals surface area contributed by atoms with Crippen molar-refractivity contribution in [3.8, 4) is 5.75 Å². The summed E-state index contributed by atoms with van der Waals surface area (Å²) in [5.41, 5.74) is 3.15. The molecular formula is C20H24N2O3. The number of anilines is 1. The van der Waals surface area contributed by atoms with Crippen molar-refractivity contribution in [2.24, 2.45) is 0 Å². The van der Waals surface area contributed by atoms with E-state index in [-0.39, 0.29) is 17.7 Å². The first-order valence-corrected chi connectivity index (χ1v) is 8.62. The third-order valence-electron chi connectivity index (χ3n) is 4.43. The van der Waals surface area contributed by atoms with Crippen LogP contribution in [0.5, 0.6) is 5.75 Å². The van der Waals surface area contributed by atoms with Gasteiger partial charge >= 0.3 is 0 Å². The molecule has 1 aliphatic heterocycles. The summed E-state index contributed by atoms with van der Waals surface area (Å²) >= 11 is 0. The fourth-order valence-corrected chi connectivity index (χ4v) is 3.12. The molecule has 0 unspecified atom stereocenters. The van der Waals surface area contributed by atoms with Crippen LogP contribution in [0.25, 0.3) is 0 Å². The molecule has 2 aromatic carbocycles. The number of hydrogen-bond donors (Lipinski definition) is 2. The number of ether oxygens (including phenoxy) is 1. The summed E-state index contributed by atoms with van der Waals surface area (Å²) in [5.74, 6) is 0.173. The van der Waals surface area contributed by atoms with E-state index in [0.29, 0.717) is 6.42 Å². The fourth-order valence-electron chi connectivity index (χ4n) is 3.12. The Labute approximate surface area is 148 Å². The first-order chi connectivity index (χ1) is 12.1. The lowest BCUT2D eigenvalue weighted by Gasteiger charge is -2.32. The van der Waals surface area contributed by atoms with E-state index >= 15 is 0 Å². The summed E-state index contributed by atoms with van der Waals surface area (Å²) in [5, 5.41) is 12.4. The van der Waals surface area contributed by atoms with Crippen LogP contribution >= 0.6 is 0 Å². The number of hydrogen-bond acceptors (Lipinski definition) is 4. The number of morpholine rings is 1. The Bertz CT molecular complexity index is 709. The minimum atomic E-state index is -0.0799. The van der Waals surface area contributed by atoms with Crippen molar-refractivity contribution in [3.63, 3.8) is 0 Å². The summed E-state index contributed by atoms with van der Waals surface area (Å²) in [4.78, 5) is 14.7. The van der Waals surface area contributed by atoms with Crippen LogP contribution < -0.4 is 10.2 Å². The van der Waals surface area contributed by atoms with Crippen molar-refractivity contribution < 1.29 is 14.6 Å². The molecule has 132 valence electrons. The summed E-state index contributed by atoms with van der Waals surface area (Å²) < 4.78 is 5.43. The lowest BCUT2D eigenvalue weighted by atomic mass is 10.0. The summed E-state index contributed by atoms with van der Waals surface area (Å²) in [7, 11) is 0. The average Bonchev–Trinajstić information content (AvgIpc) is 2.64. The van der Waals surface area contributed by atoms with E-state index in [2.05, 4.69) is 22.3 Å². The Kier molecular flexibility index (Phi) is 5.56. The maximum Gasteiger partial charge on any atom is 0.224 e. The number of phenols is 1. The molecule has 0 aliphatic carbocycles. The van der Waals surface area contributed by atoms with Gasteiger partial charge < -0.3 is 20.1 Å². The third kappa shape index (κ3) is 4.51. The van der Waals surface area contributed by atoms with E-state index in [9.17, 15) is 9.90 Å². The van der Waals surface area contributed by atoms with Crippen molar-refractivity contribution in [2.45, 2.75) is 19.4 Å². The number of benzene rings is 2. The molecule has 1 amide bonds. The van der Waals surface area contributed by atoms with E-state index < -0.39 is 0 Å². The molecule has 5 nitrogen and oxygen atoms in total. The van der Waals surface area contributed by atoms with E-state index in [1.807, 2.05) is 19.1 Å². The zero-order valence-corrected chi connectivity index (χ0v) is 14.4. The summed E-state index contributed by atoms with van der Waals surface area (Å²) in [6, 6.07) is 14.8. The van der Waals surface area contributed by atoms with Gasteiger partial charge in [-0.05, 0) is 36.2 Å². The molecule has 25 heavy (non-hydrogen) atoms. The molecular weight excluding hydrogens is 316 g/mol. The topological polar surface area (TPSA) is 61.8 Å². The third-order valence-corrected chi connectivity index (χ3v) is 4.43. The van der Waals surface area contributed by atoms with E-state index in [1.165, 1.54) is 0 Å². The van der Waals surface area contributed by atoms with Gasteiger partial charge in [0.15, 0.2) is 0 Å². The molecule has 0 bridgehead atoms. The first-order valence-electron chi connectivity index (χ1n) is 8.62. The molecule has 1 atom stereocenters. The van der Waals surface area contributed by atoms with Gasteiger partial charge in [-0.15, -0.1) is 0 Å². The normalized spacial score (nSPS) is 15.6. The Morgan fingerprint density at radius 2 is 1.84 bits per heavy atom. The largest absolute Gasteiger partial charge is 0.508 e. The molecule has 1 aliphatic rings. The SMILES string of the molecule is C[C@H](NC(=O)Cc1ccc(O)cc1)c1ccccc1N1CCOCC1. The smallest absolute Gasteiger partial charge is 0.224 e. The van der Waals surface area contributed by atoms with Crippen LogP contribution in [0.1, 0.15) is 24.1 Å². The Balaban J connectivity index is 1.67. The standard InChI is InChI=1S/C20H24N2O3/c1-15(21-20(24)14-16-6-8-17(23)9-7-16)18-4-2-3-5-19(18)22-10-12-25-13-11-22/h2-9,15,23H,10-14H2,1H3,(H,21,24)/t15-/m0/s1. The van der Waals surface area contributed by atoms with Gasteiger partial charge in [-0.25, -0.2) is 0 Å². The van der Waals surface area contributed by atoms with Crippen molar-refractivity contribution in [1.29, 1.82) is 0 Å². The molecule has 0 saturated carbocycles. The molecule has 5 heteroatoms. The molecule has 0 aromatic heterocycles. The van der Waals surface area contributed by atoms with Gasteiger partial charge in [0, 0.05) is 18.8 Å². The zero-order chi connectivity index (χ0) is 17.6. The van der Waals surface area contributed by atoms with Gasteiger partial charge in [0.1, 0.15) is 5.75 Å². The minimum Gasteiger partial charge on any atom is -0.508 e. The second kappa shape index (κ2) is 8.03. The number of carbonyl (C=O) groups excluding carboxylic acids is 1. The summed E-state index contributed by atoms with van der Waals surface area (Å²) in [6.45, 7) is 5.20. The van der Waals surface area contributed by atoms with Crippen LogP contribution in [0.4, 0.5) is 5.69 Å². The minimum absolute atomic E-state index is 0.0324. The van der Waals surface area contributed by atoms with Crippen LogP contribution in [0, 0.1) is 0 Å². The van der Waals surface area contributed by atoms with Gasteiger partial charge in [0.05, 0.1) is 25.7 Å². The van der Waals surface area contributed by atoms with Crippen molar-refractivity contribution in [1.82, 2.24) is 5.32 Å². The maximum absolute atomic E-state index is 12.4. The second-order valence-corrected chi connectivity index (χ2v) is 6.29. The highest BCUT2D eigenvalue weighted by molar-refractivity contribution is 5.79. The Morgan fingerprint density at radius 1 is 1.16 bits per heavy atom. The maximum atomic E-state index is 12.4. The highest BCUT2D eigenvalue weighted by Gasteiger charge is 2.18. The molecule has 0 radical (unpaired) electrons. The molecule has 1 saturated heterocycles. The summed E-state index contributed by atoms with van der Waals surface area (Å²) in [6.07, 6.45) is 0.296. The zero-order valence-electron chi connectivity index (χ0n) is 14.4. The molecule has 0 spiro atoms. The van der Waals surface area contributed by atoms with E-state index in [0.717, 1.165) is 43.1 Å². The van der Waals surface area contributed by atoms with Crippen LogP contribution in [0.3, 0.4) is 0 Å². The van der Waals surface area contributed by atoms with E-state index in [4.69, 9.17) is 4.74 Å². The number of aromatic hydroxyl groups is 1. The quantitative estimate of drug-likeness (QED) is 0.878. The van der Waals surface area contributed by atoms with Crippen LogP contribution in [-0.2, 0) is 16.0 Å². The number of phenolic OH excluding ortho intramolecular Hbond substituents is 1. The first kappa shape index (κ1) is 17.3. The number of para-hydroxylation sites is 1. The van der Waals surface area contributed by atoms with Crippen molar-refractivity contribution >= 4 is 11.6 Å². The van der Waals surface area contributed by atoms with Gasteiger partial charge in [-0.2, -0.15) is 0 Å². The number of nitrogens with one attached hydrogen (secondary N) is 1. The van der Waals surface area contributed by atoms with Crippen LogP contribution in [0.2, 0.25) is 0 Å². The molecule has 2 aromatic rings. The lowest BCUT2D eigenvalue weighted by molar-refractivity contribution is -0.121. The van der Waals surface area contributed by atoms with Gasteiger partial charge in [-0.3, -0.25) is 4.79 Å². The van der Waals surface area contributed by atoms with Gasteiger partial charge in [-0.1, -0.05) is 30.3 Å². The van der Waals surface area contributed by atoms with Crippen molar-refractivity contribution in [3.05, 3.63) is 59.7 Å². The molecule has 1 heterocycles. The lowest BCUT2D eigenvalue weighted by Crippen LogP contribution is -2.37. The number of nitrogens with zero attached hydrogens (tertiary/aromatic N) is 1. The van der Waals surface area contributed by atoms with Gasteiger partial charge in [0.2, 0.25) is 5.91 Å². The number of carbonyl (C=O) groups is 1. The monoisotopic (exact) mass is 340 g/mol. The Morgan fingerprint density at radius 3 is 2.56 bits per heavy atom. The number of amides is 1. The second-order valence-electron chi connectivity index (χ2n) is 6.29. The highest BCUT2D eigenvalue weighted by Crippen LogP contribution is 2.27. The van der Waals surface area contributed by atoms with Gasteiger partial charge in [0.25, 0.3) is 0 Å². The van der Waals surface area contributed by atoms with E-state index in [1.54, 1.807) is 24.3 Å². The predicted molar refractivity (Wildman–Crippen MR) is 97.8 cm³/mol. The molecule has 2 N–H and O–H groups in total. The number of rotatable bonds is 5. The van der Waals surface area contributed by atoms with Crippen LogP contribution in [0.15, 0.2) is 48.5 Å². The highest BCUT2D eigenvalue weighted by atomic mass is 16.5. The van der Waals surface area contributed by atoms with Crippen LogP contribution in [-0.4, -0.2) is 37.3 Å². The average molecular weight is 340 g/mol. The fraction of sp³-hybridized carbons (Fsp3) is 0.350. The molecule has 3 rings (SSSR count). The van der Waals surface area contributed by atoms with Crippen molar-refractivity contribution in [2.75, 3.05) is 31.2 Å². The predicted octanol–water partition coefficient (Wildman–Crippen LogP) is 2.65. The Hall–Kier alpha value is -2.53. The molecule has 1 fully saturated rings.